The van der Waals surface area contributed by atoms with Crippen molar-refractivity contribution >= 4 is 48.9 Å². The maximum absolute atomic E-state index is 12.4. The molecule has 0 spiro atoms. The van der Waals surface area contributed by atoms with Gasteiger partial charge in [0.05, 0.1) is 8.81 Å². The lowest BCUT2D eigenvalue weighted by atomic mass is 10.5. The number of nitrogens with zero attached hydrogens (tertiary/aromatic N) is 1. The first-order valence-electron chi connectivity index (χ1n) is 5.43. The van der Waals surface area contributed by atoms with E-state index in [9.17, 15) is 8.42 Å². The van der Waals surface area contributed by atoms with Crippen LogP contribution in [-0.4, -0.2) is 25.3 Å². The van der Waals surface area contributed by atoms with Gasteiger partial charge < -0.3 is 0 Å². The molecule has 3 nitrogen and oxygen atoms in total. The summed E-state index contributed by atoms with van der Waals surface area (Å²) in [7, 11) is -3.36. The van der Waals surface area contributed by atoms with E-state index in [2.05, 4.69) is 15.9 Å². The minimum atomic E-state index is -3.36. The largest absolute Gasteiger partial charge is 0.252 e. The SMILES string of the molecule is CCCN(C1CC1)S(=O)(=O)c1cc(Cl)c(Br)s1. The molecule has 0 amide bonds. The molecular weight excluding hydrogens is 346 g/mol. The highest BCUT2D eigenvalue weighted by Crippen LogP contribution is 2.39. The van der Waals surface area contributed by atoms with Crippen LogP contribution >= 0.6 is 38.9 Å². The molecule has 0 N–H and O–H groups in total. The molecule has 0 aromatic carbocycles. The van der Waals surface area contributed by atoms with Gasteiger partial charge >= 0.3 is 0 Å². The summed E-state index contributed by atoms with van der Waals surface area (Å²) in [6.07, 6.45) is 2.77. The van der Waals surface area contributed by atoms with Crippen molar-refractivity contribution < 1.29 is 8.42 Å². The van der Waals surface area contributed by atoms with Crippen LogP contribution in [0.25, 0.3) is 0 Å². The van der Waals surface area contributed by atoms with Crippen LogP contribution in [0.2, 0.25) is 5.02 Å². The van der Waals surface area contributed by atoms with Gasteiger partial charge in [-0.15, -0.1) is 11.3 Å². The van der Waals surface area contributed by atoms with E-state index in [4.69, 9.17) is 11.6 Å². The Bertz CT molecular complexity index is 491. The molecule has 1 aromatic rings. The maximum atomic E-state index is 12.4. The smallest absolute Gasteiger partial charge is 0.206 e. The summed E-state index contributed by atoms with van der Waals surface area (Å²) in [5.41, 5.74) is 0. The van der Waals surface area contributed by atoms with E-state index in [0.29, 0.717) is 19.6 Å². The first-order chi connectivity index (χ1) is 7.96. The van der Waals surface area contributed by atoms with Gasteiger partial charge in [0.1, 0.15) is 4.21 Å². The van der Waals surface area contributed by atoms with Crippen molar-refractivity contribution in [2.24, 2.45) is 0 Å². The average Bonchev–Trinajstić information content (AvgIpc) is 3.03. The van der Waals surface area contributed by atoms with E-state index >= 15 is 0 Å². The molecule has 17 heavy (non-hydrogen) atoms. The average molecular weight is 359 g/mol. The Kier molecular flexibility index (Phi) is 4.20. The zero-order chi connectivity index (χ0) is 12.6. The van der Waals surface area contributed by atoms with Crippen LogP contribution in [0.5, 0.6) is 0 Å². The normalized spacial score (nSPS) is 16.7. The van der Waals surface area contributed by atoms with Gasteiger partial charge in [-0.25, -0.2) is 8.42 Å². The predicted molar refractivity (Wildman–Crippen MR) is 74.2 cm³/mol. The maximum Gasteiger partial charge on any atom is 0.252 e. The van der Waals surface area contributed by atoms with Crippen LogP contribution in [0.1, 0.15) is 26.2 Å². The predicted octanol–water partition coefficient (Wildman–Crippen LogP) is 3.73. The fourth-order valence-corrected chi connectivity index (χ4v) is 5.96. The van der Waals surface area contributed by atoms with Crippen molar-refractivity contribution in [1.29, 1.82) is 0 Å². The Morgan fingerprint density at radius 2 is 2.24 bits per heavy atom. The van der Waals surface area contributed by atoms with E-state index in [1.54, 1.807) is 4.31 Å². The molecule has 1 aliphatic carbocycles. The fourth-order valence-electron chi connectivity index (χ4n) is 1.65. The van der Waals surface area contributed by atoms with Gasteiger partial charge in [0.25, 0.3) is 10.0 Å². The summed E-state index contributed by atoms with van der Waals surface area (Å²) in [6, 6.07) is 1.72. The molecule has 0 radical (unpaired) electrons. The first-order valence-corrected chi connectivity index (χ1v) is 8.86. The van der Waals surface area contributed by atoms with Gasteiger partial charge in [-0.1, -0.05) is 18.5 Å². The summed E-state index contributed by atoms with van der Waals surface area (Å²) in [6.45, 7) is 2.57. The monoisotopic (exact) mass is 357 g/mol. The fraction of sp³-hybridized carbons (Fsp3) is 0.600. The summed E-state index contributed by atoms with van der Waals surface area (Å²) in [5.74, 6) is 0. The first kappa shape index (κ1) is 13.8. The molecule has 2 rings (SSSR count). The molecule has 0 bridgehead atoms. The zero-order valence-electron chi connectivity index (χ0n) is 9.32. The summed E-state index contributed by atoms with van der Waals surface area (Å²) in [4.78, 5) is 0. The Labute approximate surface area is 119 Å². The number of thiophene rings is 1. The third-order valence-corrected chi connectivity index (χ3v) is 7.46. The molecular formula is C10H13BrClNO2S2. The summed E-state index contributed by atoms with van der Waals surface area (Å²) in [5, 5.41) is 0.459. The van der Waals surface area contributed by atoms with Crippen molar-refractivity contribution in [1.82, 2.24) is 4.31 Å². The van der Waals surface area contributed by atoms with Crippen LogP contribution < -0.4 is 0 Å². The minimum absolute atomic E-state index is 0.194. The Morgan fingerprint density at radius 3 is 2.65 bits per heavy atom. The van der Waals surface area contributed by atoms with Gasteiger partial charge in [0.15, 0.2) is 0 Å². The van der Waals surface area contributed by atoms with E-state index < -0.39 is 10.0 Å². The Balaban J connectivity index is 2.33. The lowest BCUT2D eigenvalue weighted by Gasteiger charge is -2.19. The van der Waals surface area contributed by atoms with Crippen molar-refractivity contribution in [3.8, 4) is 0 Å². The third kappa shape index (κ3) is 2.87. The van der Waals surface area contributed by atoms with Gasteiger partial charge in [0, 0.05) is 12.6 Å². The highest BCUT2D eigenvalue weighted by atomic mass is 79.9. The quantitative estimate of drug-likeness (QED) is 0.804. The van der Waals surface area contributed by atoms with Gasteiger partial charge in [-0.2, -0.15) is 4.31 Å². The number of hydrogen-bond donors (Lipinski definition) is 0. The van der Waals surface area contributed by atoms with Gasteiger partial charge in [0.2, 0.25) is 0 Å². The van der Waals surface area contributed by atoms with E-state index in [1.165, 1.54) is 17.4 Å². The highest BCUT2D eigenvalue weighted by molar-refractivity contribution is 9.11. The summed E-state index contributed by atoms with van der Waals surface area (Å²) >= 11 is 10.3. The molecule has 1 aliphatic rings. The second-order valence-electron chi connectivity index (χ2n) is 4.03. The van der Waals surface area contributed by atoms with E-state index in [0.717, 1.165) is 19.3 Å². The van der Waals surface area contributed by atoms with Crippen LogP contribution in [0.15, 0.2) is 14.1 Å². The molecule has 1 heterocycles. The molecule has 0 atom stereocenters. The minimum Gasteiger partial charge on any atom is -0.206 e. The van der Waals surface area contributed by atoms with Crippen molar-refractivity contribution in [3.05, 3.63) is 14.9 Å². The molecule has 0 aliphatic heterocycles. The number of sulfonamides is 1. The number of hydrogen-bond acceptors (Lipinski definition) is 3. The molecule has 0 saturated heterocycles. The Hall–Kier alpha value is 0.380. The van der Waals surface area contributed by atoms with Crippen molar-refractivity contribution in [3.63, 3.8) is 0 Å². The molecule has 7 heteroatoms. The standard InChI is InChI=1S/C10H13BrClNO2S2/c1-2-5-13(7-3-4-7)17(14,15)9-6-8(12)10(11)16-9/h6-7H,2-5H2,1H3. The second-order valence-corrected chi connectivity index (χ2v) is 8.93. The van der Waals surface area contributed by atoms with Crippen LogP contribution in [0, 0.1) is 0 Å². The highest BCUT2D eigenvalue weighted by Gasteiger charge is 2.38. The van der Waals surface area contributed by atoms with Gasteiger partial charge in [-0.05, 0) is 41.3 Å². The molecule has 96 valence electrons. The van der Waals surface area contributed by atoms with Crippen LogP contribution in [0.3, 0.4) is 0 Å². The van der Waals surface area contributed by atoms with Gasteiger partial charge in [-0.3, -0.25) is 0 Å². The van der Waals surface area contributed by atoms with Crippen LogP contribution in [0.4, 0.5) is 0 Å². The number of halogens is 2. The lowest BCUT2D eigenvalue weighted by Crippen LogP contribution is -2.33. The second kappa shape index (κ2) is 5.17. The lowest BCUT2D eigenvalue weighted by molar-refractivity contribution is 0.404. The third-order valence-electron chi connectivity index (χ3n) is 2.58. The van der Waals surface area contributed by atoms with Crippen LogP contribution in [-0.2, 0) is 10.0 Å². The van der Waals surface area contributed by atoms with E-state index in [1.807, 2.05) is 6.92 Å². The molecule has 1 saturated carbocycles. The van der Waals surface area contributed by atoms with E-state index in [-0.39, 0.29) is 6.04 Å². The molecule has 1 aromatic heterocycles. The van der Waals surface area contributed by atoms with Crippen molar-refractivity contribution in [2.45, 2.75) is 36.4 Å². The zero-order valence-corrected chi connectivity index (χ0v) is 13.3. The molecule has 1 fully saturated rings. The van der Waals surface area contributed by atoms with Crippen molar-refractivity contribution in [2.75, 3.05) is 6.54 Å². The summed E-state index contributed by atoms with van der Waals surface area (Å²) < 4.78 is 27.5. The Morgan fingerprint density at radius 1 is 1.59 bits per heavy atom. The molecule has 0 unspecified atom stereocenters. The number of rotatable bonds is 5. The topological polar surface area (TPSA) is 37.4 Å².